The molecule has 1 aromatic heterocycles. The quantitative estimate of drug-likeness (QED) is 0.272. The first-order valence-electron chi connectivity index (χ1n) is 6.89. The summed E-state index contributed by atoms with van der Waals surface area (Å²) in [6, 6.07) is 8.56. The van der Waals surface area contributed by atoms with E-state index < -0.39 is 22.2 Å². The van der Waals surface area contributed by atoms with Crippen molar-refractivity contribution in [2.75, 3.05) is 12.3 Å². The lowest BCUT2D eigenvalue weighted by molar-refractivity contribution is -0.511. The molecule has 2 N–H and O–H groups in total. The molecule has 0 aliphatic heterocycles. The van der Waals surface area contributed by atoms with Gasteiger partial charge in [0.15, 0.2) is 0 Å². The lowest BCUT2D eigenvalue weighted by atomic mass is 10.1. The lowest BCUT2D eigenvalue weighted by Gasteiger charge is -2.18. The van der Waals surface area contributed by atoms with Gasteiger partial charge in [0, 0.05) is 15.5 Å². The van der Waals surface area contributed by atoms with Gasteiger partial charge in [-0.2, -0.15) is 0 Å². The molecule has 122 valence electrons. The topological polar surface area (TPSA) is 109 Å². The molecule has 2 aromatic rings. The summed E-state index contributed by atoms with van der Waals surface area (Å²) in [6.45, 7) is 1.66. The average Bonchev–Trinajstić information content (AvgIpc) is 3.02. The van der Waals surface area contributed by atoms with Crippen LogP contribution in [0.2, 0.25) is 0 Å². The van der Waals surface area contributed by atoms with Crippen molar-refractivity contribution in [2.24, 2.45) is 0 Å². The van der Waals surface area contributed by atoms with Crippen molar-refractivity contribution in [3.8, 4) is 0 Å². The number of nitrogens with zero attached hydrogens (tertiary/aromatic N) is 1. The first kappa shape index (κ1) is 16.9. The number of nitro groups is 1. The van der Waals surface area contributed by atoms with Gasteiger partial charge in [0.1, 0.15) is 11.0 Å². The summed E-state index contributed by atoms with van der Waals surface area (Å²) in [5.41, 5.74) is 6.37. The number of para-hydroxylation sites is 1. The fourth-order valence-electron chi connectivity index (χ4n) is 2.00. The number of anilines is 1. The Kier molecular flexibility index (Phi) is 5.64. The van der Waals surface area contributed by atoms with Crippen molar-refractivity contribution < 1.29 is 18.9 Å². The monoisotopic (exact) mass is 336 g/mol. The van der Waals surface area contributed by atoms with Gasteiger partial charge in [-0.15, -0.1) is 11.8 Å². The summed E-state index contributed by atoms with van der Waals surface area (Å²) in [6.07, 6.45) is 1.40. The highest BCUT2D eigenvalue weighted by molar-refractivity contribution is 7.99. The van der Waals surface area contributed by atoms with Gasteiger partial charge in [0.2, 0.25) is 0 Å². The number of hydrogen-bond donors (Lipinski definition) is 1. The maximum Gasteiger partial charge on any atom is 0.383 e. The molecule has 0 aliphatic rings. The Labute approximate surface area is 136 Å². The van der Waals surface area contributed by atoms with E-state index in [4.69, 9.17) is 14.9 Å². The Morgan fingerprint density at radius 1 is 1.39 bits per heavy atom. The Hall–Kier alpha value is -2.48. The molecule has 0 fully saturated rings. The maximum atomic E-state index is 12.0. The predicted octanol–water partition coefficient (Wildman–Crippen LogP) is 2.90. The highest BCUT2D eigenvalue weighted by Gasteiger charge is 2.43. The van der Waals surface area contributed by atoms with E-state index in [0.29, 0.717) is 16.3 Å². The Morgan fingerprint density at radius 2 is 2.13 bits per heavy atom. The number of carbonyl (C=O) groups is 1. The molecule has 0 bridgehead atoms. The smallest absolute Gasteiger partial charge is 0.383 e. The minimum Gasteiger partial charge on any atom is -0.468 e. The second kappa shape index (κ2) is 7.68. The summed E-state index contributed by atoms with van der Waals surface area (Å²) in [5, 5.41) is 10.6. The number of carbonyl (C=O) groups excluding carboxylic acids is 1. The fourth-order valence-corrected chi connectivity index (χ4v) is 3.23. The fraction of sp³-hybridized carbons (Fsp3) is 0.267. The molecule has 0 amide bonds. The van der Waals surface area contributed by atoms with Gasteiger partial charge in [0.25, 0.3) is 0 Å². The summed E-state index contributed by atoms with van der Waals surface area (Å²) in [5.74, 6) is -0.589. The molecule has 0 saturated carbocycles. The molecule has 23 heavy (non-hydrogen) atoms. The minimum absolute atomic E-state index is 0.0617. The van der Waals surface area contributed by atoms with Gasteiger partial charge >= 0.3 is 12.0 Å². The molecule has 2 unspecified atom stereocenters. The first-order valence-corrected chi connectivity index (χ1v) is 7.77. The van der Waals surface area contributed by atoms with E-state index >= 15 is 0 Å². The summed E-state index contributed by atoms with van der Waals surface area (Å²) < 4.78 is 10.1. The SMILES string of the molecule is CCOC(=O)C(C(Sc1ccccc1N)c1ccco1)[N+](=O)[O-]. The third-order valence-electron chi connectivity index (χ3n) is 3.04. The standard InChI is InChI=1S/C15H16N2O5S/c1-2-21-15(18)13(17(19)20)14(11-7-5-9-22-11)23-12-8-4-3-6-10(12)16/h3-9,13-14H,2,16H2,1H3. The maximum absolute atomic E-state index is 12.0. The van der Waals surface area contributed by atoms with Crippen LogP contribution >= 0.6 is 11.8 Å². The number of esters is 1. The number of rotatable bonds is 7. The van der Waals surface area contributed by atoms with Crippen molar-refractivity contribution in [1.82, 2.24) is 0 Å². The van der Waals surface area contributed by atoms with Crippen LogP contribution in [0.15, 0.2) is 52.0 Å². The summed E-state index contributed by atoms with van der Waals surface area (Å²) in [4.78, 5) is 23.5. The Bertz CT molecular complexity index is 674. The molecule has 1 heterocycles. The molecule has 8 heteroatoms. The third-order valence-corrected chi connectivity index (χ3v) is 4.41. The van der Waals surface area contributed by atoms with E-state index in [1.165, 1.54) is 6.26 Å². The zero-order valence-corrected chi connectivity index (χ0v) is 13.2. The molecular formula is C15H16N2O5S. The van der Waals surface area contributed by atoms with Crippen LogP contribution in [0, 0.1) is 10.1 Å². The largest absolute Gasteiger partial charge is 0.468 e. The number of hydrogen-bond acceptors (Lipinski definition) is 7. The molecule has 0 aliphatic carbocycles. The second-order valence-corrected chi connectivity index (χ2v) is 5.76. The first-order chi connectivity index (χ1) is 11.0. The van der Waals surface area contributed by atoms with E-state index in [9.17, 15) is 14.9 Å². The van der Waals surface area contributed by atoms with E-state index in [0.717, 1.165) is 11.8 Å². The van der Waals surface area contributed by atoms with Crippen molar-refractivity contribution in [3.05, 3.63) is 58.5 Å². The minimum atomic E-state index is -1.59. The average molecular weight is 336 g/mol. The number of thioether (sulfide) groups is 1. The van der Waals surface area contributed by atoms with Gasteiger partial charge in [-0.25, -0.2) is 4.79 Å². The van der Waals surface area contributed by atoms with Crippen LogP contribution in [0.4, 0.5) is 5.69 Å². The summed E-state index contributed by atoms with van der Waals surface area (Å²) >= 11 is 1.10. The zero-order valence-electron chi connectivity index (χ0n) is 12.4. The highest BCUT2D eigenvalue weighted by Crippen LogP contribution is 2.41. The van der Waals surface area contributed by atoms with Crippen LogP contribution in [-0.2, 0) is 9.53 Å². The normalized spacial score (nSPS) is 13.3. The highest BCUT2D eigenvalue weighted by atomic mass is 32.2. The second-order valence-electron chi connectivity index (χ2n) is 4.57. The van der Waals surface area contributed by atoms with E-state index in [2.05, 4.69) is 0 Å². The molecule has 2 atom stereocenters. The van der Waals surface area contributed by atoms with Crippen LogP contribution in [-0.4, -0.2) is 23.5 Å². The molecular weight excluding hydrogens is 320 g/mol. The zero-order chi connectivity index (χ0) is 16.8. The van der Waals surface area contributed by atoms with Crippen molar-refractivity contribution in [3.63, 3.8) is 0 Å². The summed E-state index contributed by atoms with van der Waals surface area (Å²) in [7, 11) is 0. The van der Waals surface area contributed by atoms with E-state index in [-0.39, 0.29) is 6.61 Å². The molecule has 0 saturated heterocycles. The number of nitrogens with two attached hydrogens (primary N) is 1. The Morgan fingerprint density at radius 3 is 2.70 bits per heavy atom. The molecule has 2 rings (SSSR count). The van der Waals surface area contributed by atoms with Crippen LogP contribution in [0.25, 0.3) is 0 Å². The van der Waals surface area contributed by atoms with Crippen molar-refractivity contribution in [2.45, 2.75) is 23.1 Å². The predicted molar refractivity (Wildman–Crippen MR) is 85.6 cm³/mol. The van der Waals surface area contributed by atoms with Crippen molar-refractivity contribution in [1.29, 1.82) is 0 Å². The number of furan rings is 1. The van der Waals surface area contributed by atoms with Gasteiger partial charge in [-0.3, -0.25) is 10.1 Å². The van der Waals surface area contributed by atoms with Crippen LogP contribution in [0.5, 0.6) is 0 Å². The number of benzene rings is 1. The molecule has 7 nitrogen and oxygen atoms in total. The van der Waals surface area contributed by atoms with E-state index in [1.807, 2.05) is 0 Å². The van der Waals surface area contributed by atoms with Gasteiger partial charge in [-0.05, 0) is 31.2 Å². The van der Waals surface area contributed by atoms with Crippen LogP contribution in [0.3, 0.4) is 0 Å². The van der Waals surface area contributed by atoms with Crippen LogP contribution < -0.4 is 5.73 Å². The molecule has 1 aromatic carbocycles. The van der Waals surface area contributed by atoms with E-state index in [1.54, 1.807) is 43.3 Å². The van der Waals surface area contributed by atoms with Crippen molar-refractivity contribution >= 4 is 23.4 Å². The van der Waals surface area contributed by atoms with Gasteiger partial charge in [0.05, 0.1) is 12.9 Å². The third kappa shape index (κ3) is 4.04. The molecule has 0 spiro atoms. The lowest BCUT2D eigenvalue weighted by Crippen LogP contribution is -2.36. The van der Waals surface area contributed by atoms with Crippen LogP contribution in [0.1, 0.15) is 17.9 Å². The number of nitrogen functional groups attached to an aromatic ring is 1. The Balaban J connectivity index is 2.39. The number of ether oxygens (including phenoxy) is 1. The molecule has 0 radical (unpaired) electrons. The van der Waals surface area contributed by atoms with Gasteiger partial charge in [-0.1, -0.05) is 12.1 Å². The van der Waals surface area contributed by atoms with Gasteiger partial charge < -0.3 is 14.9 Å².